The summed E-state index contributed by atoms with van der Waals surface area (Å²) in [6.45, 7) is 12.3. The van der Waals surface area contributed by atoms with E-state index < -0.39 is 0 Å². The van der Waals surface area contributed by atoms with E-state index in [0.29, 0.717) is 6.04 Å². The third kappa shape index (κ3) is 7.12. The lowest BCUT2D eigenvalue weighted by atomic mass is 9.99. The second-order valence-electron chi connectivity index (χ2n) is 8.07. The standard InChI is InChI=1S/C23H39N5O2.HI/c1-5-24-23(26-16-20-8-7-11-28(20)6-2)25-10-13-27-12-9-18-14-21(29-3)22(30-4)15-19(18)17-27;/h14-15,20H,5-13,16-17H2,1-4H3,(H2,24,25,26);1H. The van der Waals surface area contributed by atoms with E-state index in [1.165, 1.54) is 30.5 Å². The number of nitrogens with zero attached hydrogens (tertiary/aromatic N) is 3. The third-order valence-electron chi connectivity index (χ3n) is 6.23. The highest BCUT2D eigenvalue weighted by Crippen LogP contribution is 2.33. The molecule has 0 amide bonds. The van der Waals surface area contributed by atoms with Crippen molar-refractivity contribution in [3.05, 3.63) is 23.3 Å². The number of ether oxygens (including phenoxy) is 2. The highest BCUT2D eigenvalue weighted by Gasteiger charge is 2.22. The molecule has 2 N–H and O–H groups in total. The number of hydrogen-bond donors (Lipinski definition) is 2. The smallest absolute Gasteiger partial charge is 0.191 e. The second-order valence-corrected chi connectivity index (χ2v) is 8.07. The van der Waals surface area contributed by atoms with Gasteiger partial charge in [-0.2, -0.15) is 0 Å². The van der Waals surface area contributed by atoms with Gasteiger partial charge in [0.05, 0.1) is 20.8 Å². The molecule has 1 aromatic carbocycles. The first-order chi connectivity index (χ1) is 14.7. The molecule has 1 aromatic rings. The van der Waals surface area contributed by atoms with Crippen LogP contribution >= 0.6 is 24.0 Å². The minimum Gasteiger partial charge on any atom is -0.493 e. The van der Waals surface area contributed by atoms with Crippen LogP contribution < -0.4 is 20.1 Å². The summed E-state index contributed by atoms with van der Waals surface area (Å²) < 4.78 is 10.9. The molecule has 1 saturated heterocycles. The lowest BCUT2D eigenvalue weighted by Gasteiger charge is -2.29. The van der Waals surface area contributed by atoms with Gasteiger partial charge in [0.2, 0.25) is 0 Å². The Morgan fingerprint density at radius 1 is 1.10 bits per heavy atom. The van der Waals surface area contributed by atoms with Gasteiger partial charge in [0.25, 0.3) is 0 Å². The summed E-state index contributed by atoms with van der Waals surface area (Å²) >= 11 is 0. The number of methoxy groups -OCH3 is 2. The number of aliphatic imine (C=N–C) groups is 1. The molecular formula is C23H40IN5O2. The van der Waals surface area contributed by atoms with Gasteiger partial charge in [0, 0.05) is 38.8 Å². The highest BCUT2D eigenvalue weighted by molar-refractivity contribution is 14.0. The van der Waals surface area contributed by atoms with Crippen LogP contribution in [0.4, 0.5) is 0 Å². The fourth-order valence-corrected chi connectivity index (χ4v) is 4.52. The van der Waals surface area contributed by atoms with Crippen molar-refractivity contribution in [2.45, 2.75) is 45.7 Å². The highest BCUT2D eigenvalue weighted by atomic mass is 127. The molecule has 1 atom stereocenters. The van der Waals surface area contributed by atoms with Crippen molar-refractivity contribution in [3.63, 3.8) is 0 Å². The van der Waals surface area contributed by atoms with Gasteiger partial charge in [-0.05, 0) is 62.5 Å². The van der Waals surface area contributed by atoms with E-state index in [1.54, 1.807) is 14.2 Å². The number of likely N-dealkylation sites (N-methyl/N-ethyl adjacent to an activating group) is 1. The molecule has 3 rings (SSSR count). The zero-order valence-electron chi connectivity index (χ0n) is 19.6. The molecule has 2 aliphatic rings. The first-order valence-electron chi connectivity index (χ1n) is 11.4. The van der Waals surface area contributed by atoms with E-state index in [-0.39, 0.29) is 24.0 Å². The van der Waals surface area contributed by atoms with E-state index in [9.17, 15) is 0 Å². The molecule has 2 aliphatic heterocycles. The molecular weight excluding hydrogens is 505 g/mol. The van der Waals surface area contributed by atoms with Crippen molar-refractivity contribution >= 4 is 29.9 Å². The van der Waals surface area contributed by atoms with E-state index in [4.69, 9.17) is 14.5 Å². The Labute approximate surface area is 205 Å². The first kappa shape index (κ1) is 26.0. The van der Waals surface area contributed by atoms with E-state index >= 15 is 0 Å². The van der Waals surface area contributed by atoms with Crippen LogP contribution in [0.15, 0.2) is 17.1 Å². The Morgan fingerprint density at radius 3 is 2.52 bits per heavy atom. The van der Waals surface area contributed by atoms with Crippen LogP contribution in [0.2, 0.25) is 0 Å². The predicted molar refractivity (Wildman–Crippen MR) is 138 cm³/mol. The minimum atomic E-state index is 0. The molecule has 0 spiro atoms. The predicted octanol–water partition coefficient (Wildman–Crippen LogP) is 2.72. The van der Waals surface area contributed by atoms with Crippen molar-refractivity contribution in [2.24, 2.45) is 4.99 Å². The summed E-state index contributed by atoms with van der Waals surface area (Å²) in [6, 6.07) is 4.85. The van der Waals surface area contributed by atoms with E-state index in [0.717, 1.165) is 69.7 Å². The average Bonchev–Trinajstić information content (AvgIpc) is 3.24. The Hall–Kier alpha value is -1.26. The molecule has 31 heavy (non-hydrogen) atoms. The average molecular weight is 546 g/mol. The molecule has 7 nitrogen and oxygen atoms in total. The zero-order valence-corrected chi connectivity index (χ0v) is 21.9. The van der Waals surface area contributed by atoms with Crippen molar-refractivity contribution in [3.8, 4) is 11.5 Å². The lowest BCUT2D eigenvalue weighted by molar-refractivity contribution is 0.256. The fraction of sp³-hybridized carbons (Fsp3) is 0.696. The number of benzene rings is 1. The van der Waals surface area contributed by atoms with Crippen LogP contribution in [0.1, 0.15) is 37.8 Å². The van der Waals surface area contributed by atoms with Crippen LogP contribution in [0.3, 0.4) is 0 Å². The van der Waals surface area contributed by atoms with Crippen LogP contribution in [0.25, 0.3) is 0 Å². The third-order valence-corrected chi connectivity index (χ3v) is 6.23. The van der Waals surface area contributed by atoms with Crippen molar-refractivity contribution < 1.29 is 9.47 Å². The topological polar surface area (TPSA) is 61.4 Å². The van der Waals surface area contributed by atoms with Gasteiger partial charge < -0.3 is 20.1 Å². The molecule has 2 heterocycles. The maximum atomic E-state index is 5.48. The van der Waals surface area contributed by atoms with E-state index in [2.05, 4.69) is 46.4 Å². The molecule has 0 saturated carbocycles. The fourth-order valence-electron chi connectivity index (χ4n) is 4.52. The van der Waals surface area contributed by atoms with Gasteiger partial charge in [-0.3, -0.25) is 14.8 Å². The monoisotopic (exact) mass is 545 g/mol. The van der Waals surface area contributed by atoms with Gasteiger partial charge in [-0.25, -0.2) is 0 Å². The first-order valence-corrected chi connectivity index (χ1v) is 11.4. The minimum absolute atomic E-state index is 0. The molecule has 1 unspecified atom stereocenters. The quantitative estimate of drug-likeness (QED) is 0.283. The summed E-state index contributed by atoms with van der Waals surface area (Å²) in [5.74, 6) is 2.57. The van der Waals surface area contributed by atoms with Gasteiger partial charge in [0.1, 0.15) is 0 Å². The Morgan fingerprint density at radius 2 is 1.84 bits per heavy atom. The number of likely N-dealkylation sites (tertiary alicyclic amines) is 1. The van der Waals surface area contributed by atoms with Gasteiger partial charge in [-0.1, -0.05) is 6.92 Å². The largest absolute Gasteiger partial charge is 0.493 e. The van der Waals surface area contributed by atoms with Crippen LogP contribution in [0.5, 0.6) is 11.5 Å². The molecule has 0 aliphatic carbocycles. The number of rotatable bonds is 9. The molecule has 176 valence electrons. The van der Waals surface area contributed by atoms with Crippen LogP contribution in [-0.2, 0) is 13.0 Å². The number of hydrogen-bond acceptors (Lipinski definition) is 5. The maximum absolute atomic E-state index is 5.48. The number of fused-ring (bicyclic) bond motifs is 1. The maximum Gasteiger partial charge on any atom is 0.191 e. The van der Waals surface area contributed by atoms with E-state index in [1.807, 2.05) is 0 Å². The summed E-state index contributed by atoms with van der Waals surface area (Å²) in [7, 11) is 3.39. The summed E-state index contributed by atoms with van der Waals surface area (Å²) in [4.78, 5) is 9.89. The Bertz CT molecular complexity index is 715. The number of guanidine groups is 1. The van der Waals surface area contributed by atoms with Gasteiger partial charge >= 0.3 is 0 Å². The van der Waals surface area contributed by atoms with Crippen molar-refractivity contribution in [2.75, 3.05) is 60.0 Å². The molecule has 0 aromatic heterocycles. The normalized spacial score (nSPS) is 19.5. The summed E-state index contributed by atoms with van der Waals surface area (Å²) in [6.07, 6.45) is 3.60. The second kappa shape index (κ2) is 13.3. The Balaban J connectivity index is 0.00000341. The van der Waals surface area contributed by atoms with Crippen LogP contribution in [0, 0.1) is 0 Å². The van der Waals surface area contributed by atoms with Gasteiger partial charge in [0.15, 0.2) is 17.5 Å². The number of nitrogens with one attached hydrogen (secondary N) is 2. The van der Waals surface area contributed by atoms with Gasteiger partial charge in [-0.15, -0.1) is 24.0 Å². The Kier molecular flexibility index (Phi) is 11.2. The number of halogens is 1. The molecule has 1 fully saturated rings. The molecule has 0 radical (unpaired) electrons. The van der Waals surface area contributed by atoms with Crippen molar-refractivity contribution in [1.82, 2.24) is 20.4 Å². The summed E-state index contributed by atoms with van der Waals surface area (Å²) in [5.41, 5.74) is 2.70. The molecule has 8 heteroatoms. The SMILES string of the molecule is CCNC(=NCC1CCCN1CC)NCCN1CCc2cc(OC)c(OC)cc2C1.I. The van der Waals surface area contributed by atoms with Crippen molar-refractivity contribution in [1.29, 1.82) is 0 Å². The summed E-state index contributed by atoms with van der Waals surface area (Å²) in [5, 5.41) is 6.92. The zero-order chi connectivity index (χ0) is 21.3. The molecule has 0 bridgehead atoms. The van der Waals surface area contributed by atoms with Crippen LogP contribution in [-0.4, -0.2) is 81.8 Å². The lowest BCUT2D eigenvalue weighted by Crippen LogP contribution is -2.43.